The highest BCUT2D eigenvalue weighted by atomic mass is 16.5. The topological polar surface area (TPSA) is 46.5 Å². The van der Waals surface area contributed by atoms with Gasteiger partial charge in [-0.05, 0) is 77.5 Å². The van der Waals surface area contributed by atoms with E-state index in [-0.39, 0.29) is 12.6 Å². The van der Waals surface area contributed by atoms with E-state index in [0.29, 0.717) is 24.5 Å². The van der Waals surface area contributed by atoms with Crippen LogP contribution in [0.5, 0.6) is 0 Å². The molecule has 1 saturated carbocycles. The van der Waals surface area contributed by atoms with Crippen LogP contribution >= 0.6 is 0 Å². The summed E-state index contributed by atoms with van der Waals surface area (Å²) in [6, 6.07) is 24.3. The van der Waals surface area contributed by atoms with Crippen molar-refractivity contribution in [3.63, 3.8) is 0 Å². The number of hydrogen-bond acceptors (Lipinski definition) is 3. The lowest BCUT2D eigenvalue weighted by Gasteiger charge is -2.22. The number of carbonyl (C=O) groups excluding carboxylic acids is 1. The third-order valence-corrected chi connectivity index (χ3v) is 7.27. The molecule has 0 bridgehead atoms. The van der Waals surface area contributed by atoms with E-state index < -0.39 is 0 Å². The van der Waals surface area contributed by atoms with Crippen molar-refractivity contribution in [2.75, 3.05) is 13.2 Å². The molecule has 3 nitrogen and oxygen atoms in total. The van der Waals surface area contributed by atoms with E-state index in [4.69, 9.17) is 9.84 Å². The third-order valence-electron chi connectivity index (χ3n) is 7.27. The summed E-state index contributed by atoms with van der Waals surface area (Å²) < 4.78 is 5.43. The van der Waals surface area contributed by atoms with Gasteiger partial charge in [0.05, 0.1) is 6.61 Å². The number of hydrogen-bond donors (Lipinski definition) is 1. The van der Waals surface area contributed by atoms with Crippen LogP contribution in [0.4, 0.5) is 0 Å². The minimum Gasteiger partial charge on any atom is -0.462 e. The number of rotatable bonds is 10. The van der Waals surface area contributed by atoms with Gasteiger partial charge < -0.3 is 9.84 Å². The molecule has 0 atom stereocenters. The van der Waals surface area contributed by atoms with Gasteiger partial charge in [0.2, 0.25) is 0 Å². The van der Waals surface area contributed by atoms with Crippen LogP contribution in [0, 0.1) is 0 Å². The largest absolute Gasteiger partial charge is 0.462 e. The first-order chi connectivity index (χ1) is 17.5. The molecule has 3 aromatic rings. The lowest BCUT2D eigenvalue weighted by atomic mass is 9.83. The molecule has 1 aliphatic rings. The van der Waals surface area contributed by atoms with Crippen LogP contribution in [0.1, 0.15) is 68.1 Å². The molecular weight excluding hydrogens is 444 g/mol. The van der Waals surface area contributed by atoms with Crippen molar-refractivity contribution in [1.82, 2.24) is 0 Å². The predicted molar refractivity (Wildman–Crippen MR) is 148 cm³/mol. The van der Waals surface area contributed by atoms with E-state index in [2.05, 4.69) is 73.3 Å². The van der Waals surface area contributed by atoms with Crippen molar-refractivity contribution >= 4 is 5.97 Å². The highest BCUT2D eigenvalue weighted by Gasteiger charge is 2.16. The van der Waals surface area contributed by atoms with Gasteiger partial charge in [0, 0.05) is 18.6 Å². The van der Waals surface area contributed by atoms with Crippen molar-refractivity contribution in [2.24, 2.45) is 0 Å². The fourth-order valence-electron chi connectivity index (χ4n) is 5.16. The smallest absolute Gasteiger partial charge is 0.333 e. The number of aliphatic hydroxyl groups is 1. The lowest BCUT2D eigenvalue weighted by Crippen LogP contribution is -2.08. The number of carbonyl (C=O) groups is 1. The first-order valence-corrected chi connectivity index (χ1v) is 13.3. The second-order valence-electron chi connectivity index (χ2n) is 10.0. The Morgan fingerprint density at radius 3 is 2.22 bits per heavy atom. The van der Waals surface area contributed by atoms with Crippen molar-refractivity contribution in [1.29, 1.82) is 0 Å². The average Bonchev–Trinajstić information content (AvgIpc) is 2.92. The summed E-state index contributed by atoms with van der Waals surface area (Å²) in [4.78, 5) is 11.9. The van der Waals surface area contributed by atoms with Crippen molar-refractivity contribution in [2.45, 2.75) is 64.2 Å². The summed E-state index contributed by atoms with van der Waals surface area (Å²) in [6.45, 7) is 5.87. The molecule has 0 radical (unpaired) electrons. The molecule has 1 fully saturated rings. The Balaban J connectivity index is 1.58. The van der Waals surface area contributed by atoms with Crippen molar-refractivity contribution < 1.29 is 14.6 Å². The maximum Gasteiger partial charge on any atom is 0.333 e. The molecule has 188 valence electrons. The minimum atomic E-state index is -0.348. The zero-order chi connectivity index (χ0) is 25.3. The molecule has 0 aromatic heterocycles. The molecule has 0 saturated heterocycles. The summed E-state index contributed by atoms with van der Waals surface area (Å²) in [5.41, 5.74) is 8.93. The molecular formula is C33H38O3. The van der Waals surface area contributed by atoms with Crippen LogP contribution in [0.15, 0.2) is 78.9 Å². The molecule has 1 N–H and O–H groups in total. The van der Waals surface area contributed by atoms with Crippen LogP contribution in [-0.2, 0) is 22.4 Å². The van der Waals surface area contributed by atoms with Crippen molar-refractivity contribution in [3.05, 3.63) is 95.6 Å². The second-order valence-corrected chi connectivity index (χ2v) is 10.0. The molecule has 36 heavy (non-hydrogen) atoms. The third kappa shape index (κ3) is 6.73. The van der Waals surface area contributed by atoms with Gasteiger partial charge >= 0.3 is 5.97 Å². The lowest BCUT2D eigenvalue weighted by molar-refractivity contribution is -0.138. The molecule has 0 spiro atoms. The maximum absolute atomic E-state index is 11.9. The van der Waals surface area contributed by atoms with E-state index in [1.807, 2.05) is 0 Å². The van der Waals surface area contributed by atoms with Gasteiger partial charge in [0.25, 0.3) is 0 Å². The Morgan fingerprint density at radius 1 is 0.889 bits per heavy atom. The van der Waals surface area contributed by atoms with E-state index >= 15 is 0 Å². The molecule has 0 amide bonds. The number of ether oxygens (including phenoxy) is 1. The first-order valence-electron chi connectivity index (χ1n) is 13.3. The summed E-state index contributed by atoms with van der Waals surface area (Å²) in [5, 5.41) is 9.11. The number of esters is 1. The zero-order valence-electron chi connectivity index (χ0n) is 21.5. The molecule has 0 heterocycles. The van der Waals surface area contributed by atoms with E-state index in [1.165, 1.54) is 54.4 Å². The van der Waals surface area contributed by atoms with Crippen LogP contribution in [0.3, 0.4) is 0 Å². The predicted octanol–water partition coefficient (Wildman–Crippen LogP) is 7.66. The van der Waals surface area contributed by atoms with E-state index in [0.717, 1.165) is 29.5 Å². The van der Waals surface area contributed by atoms with E-state index in [1.54, 1.807) is 6.92 Å². The van der Waals surface area contributed by atoms with Crippen LogP contribution in [0.25, 0.3) is 22.3 Å². The van der Waals surface area contributed by atoms with Gasteiger partial charge in [-0.2, -0.15) is 0 Å². The minimum absolute atomic E-state index is 0.206. The standard InChI is InChI=1S/C33H38O3/c1-24(2)33(35)36-22-20-31-23-30(28-16-14-27(15-17-28)26-8-4-3-5-9-26)18-19-32(31)29-12-10-25(11-13-29)7-6-21-34/h10-19,23,26,34H,1,3-9,20-22H2,2H3. The Labute approximate surface area is 215 Å². The highest BCUT2D eigenvalue weighted by molar-refractivity contribution is 5.87. The molecule has 3 aromatic carbocycles. The number of aryl methyl sites for hydroxylation is 1. The van der Waals surface area contributed by atoms with Gasteiger partial charge in [-0.3, -0.25) is 0 Å². The second kappa shape index (κ2) is 12.7. The molecule has 3 heteroatoms. The quantitative estimate of drug-likeness (QED) is 0.238. The SMILES string of the molecule is C=C(C)C(=O)OCCc1cc(-c2ccc(C3CCCCC3)cc2)ccc1-c1ccc(CCCO)cc1. The number of benzene rings is 3. The summed E-state index contributed by atoms with van der Waals surface area (Å²) in [7, 11) is 0. The molecule has 4 rings (SSSR count). The zero-order valence-corrected chi connectivity index (χ0v) is 21.5. The van der Waals surface area contributed by atoms with Gasteiger partial charge in [0.15, 0.2) is 0 Å². The molecule has 0 unspecified atom stereocenters. The van der Waals surface area contributed by atoms with Gasteiger partial charge in [-0.1, -0.05) is 92.6 Å². The first kappa shape index (κ1) is 25.9. The maximum atomic E-state index is 11.9. The summed E-state index contributed by atoms with van der Waals surface area (Å²) in [5.74, 6) is 0.355. The van der Waals surface area contributed by atoms with Gasteiger partial charge in [-0.15, -0.1) is 0 Å². The van der Waals surface area contributed by atoms with E-state index in [9.17, 15) is 4.79 Å². The summed E-state index contributed by atoms with van der Waals surface area (Å²) in [6.07, 6.45) is 8.94. The van der Waals surface area contributed by atoms with Gasteiger partial charge in [0.1, 0.15) is 0 Å². The molecule has 0 aliphatic heterocycles. The normalized spacial score (nSPS) is 13.9. The Hall–Kier alpha value is -3.17. The van der Waals surface area contributed by atoms with Crippen LogP contribution in [0.2, 0.25) is 0 Å². The Bertz CT molecular complexity index is 1150. The van der Waals surface area contributed by atoms with Crippen LogP contribution in [-0.4, -0.2) is 24.3 Å². The van der Waals surface area contributed by atoms with Gasteiger partial charge in [-0.25, -0.2) is 4.79 Å². The number of aliphatic hydroxyl groups excluding tert-OH is 1. The highest BCUT2D eigenvalue weighted by Crippen LogP contribution is 2.35. The monoisotopic (exact) mass is 482 g/mol. The Morgan fingerprint density at radius 2 is 1.56 bits per heavy atom. The van der Waals surface area contributed by atoms with Crippen LogP contribution < -0.4 is 0 Å². The van der Waals surface area contributed by atoms with Crippen molar-refractivity contribution in [3.8, 4) is 22.3 Å². The molecule has 1 aliphatic carbocycles. The summed E-state index contributed by atoms with van der Waals surface area (Å²) >= 11 is 0. The average molecular weight is 483 g/mol. The Kier molecular flexibility index (Phi) is 9.13. The fraction of sp³-hybridized carbons (Fsp3) is 0.364. The fourth-order valence-corrected chi connectivity index (χ4v) is 5.16.